The smallest absolute Gasteiger partial charge is 0.264 e. The van der Waals surface area contributed by atoms with E-state index in [4.69, 9.17) is 9.15 Å². The molecule has 1 aliphatic rings. The lowest BCUT2D eigenvalue weighted by Crippen LogP contribution is -2.46. The second-order valence-corrected chi connectivity index (χ2v) is 10.2. The predicted molar refractivity (Wildman–Crippen MR) is 118 cm³/mol. The zero-order valence-electron chi connectivity index (χ0n) is 17.9. The number of ether oxygens (including phenoxy) is 1. The lowest BCUT2D eigenvalue weighted by molar-refractivity contribution is -0.141. The minimum absolute atomic E-state index is 0.0109. The van der Waals surface area contributed by atoms with Crippen molar-refractivity contribution in [1.29, 1.82) is 0 Å². The predicted octanol–water partition coefficient (Wildman–Crippen LogP) is 4.21. The SMILES string of the molecule is C[C@@H](Oc1ccccc1F)C(=O)N(Cc1ccc(-c2ccc(F)cc2)o1)[C@H]1CCS(=O)(=O)C1. The lowest BCUT2D eigenvalue weighted by atomic mass is 10.1. The molecule has 0 N–H and O–H groups in total. The van der Waals surface area contributed by atoms with E-state index in [0.717, 1.165) is 0 Å². The van der Waals surface area contributed by atoms with E-state index in [1.54, 1.807) is 30.3 Å². The Kier molecular flexibility index (Phi) is 6.51. The van der Waals surface area contributed by atoms with Crippen molar-refractivity contribution in [3.8, 4) is 17.1 Å². The normalized spacial score (nSPS) is 18.1. The van der Waals surface area contributed by atoms with E-state index in [2.05, 4.69) is 0 Å². The second kappa shape index (κ2) is 9.35. The topological polar surface area (TPSA) is 76.8 Å². The van der Waals surface area contributed by atoms with Crippen LogP contribution in [-0.4, -0.2) is 42.9 Å². The number of nitrogens with zero attached hydrogens (tertiary/aromatic N) is 1. The van der Waals surface area contributed by atoms with Crippen molar-refractivity contribution in [2.24, 2.45) is 0 Å². The van der Waals surface area contributed by atoms with E-state index >= 15 is 0 Å². The molecule has 0 unspecified atom stereocenters. The number of furan rings is 1. The Morgan fingerprint density at radius 2 is 1.85 bits per heavy atom. The van der Waals surface area contributed by atoms with Crippen molar-refractivity contribution in [2.75, 3.05) is 11.5 Å². The summed E-state index contributed by atoms with van der Waals surface area (Å²) in [6.07, 6.45) is -0.747. The van der Waals surface area contributed by atoms with Crippen molar-refractivity contribution in [3.05, 3.63) is 78.1 Å². The molecule has 0 radical (unpaired) electrons. The molecule has 4 rings (SSSR count). The number of carbonyl (C=O) groups is 1. The van der Waals surface area contributed by atoms with Gasteiger partial charge in [0.25, 0.3) is 5.91 Å². The standard InChI is InChI=1S/C24H23F2NO5S/c1-16(31-23-5-3-2-4-21(23)26)24(28)27(19-12-13-33(29,30)15-19)14-20-10-11-22(32-20)17-6-8-18(25)9-7-17/h2-11,16,19H,12-15H2,1H3/t16-,19+/m1/s1. The fraction of sp³-hybridized carbons (Fsp3) is 0.292. The average Bonchev–Trinajstić information content (AvgIpc) is 3.39. The number of hydrogen-bond donors (Lipinski definition) is 0. The van der Waals surface area contributed by atoms with Crippen LogP contribution in [0.25, 0.3) is 11.3 Å². The number of amides is 1. The van der Waals surface area contributed by atoms with Crippen LogP contribution in [0.5, 0.6) is 5.75 Å². The molecule has 1 saturated heterocycles. The minimum atomic E-state index is -3.26. The van der Waals surface area contributed by atoms with E-state index < -0.39 is 33.7 Å². The first-order valence-corrected chi connectivity index (χ1v) is 12.3. The molecular formula is C24H23F2NO5S. The summed E-state index contributed by atoms with van der Waals surface area (Å²) in [7, 11) is -3.26. The maximum atomic E-state index is 14.0. The summed E-state index contributed by atoms with van der Waals surface area (Å²) in [5.41, 5.74) is 0.667. The van der Waals surface area contributed by atoms with Crippen LogP contribution in [0.4, 0.5) is 8.78 Å². The summed E-state index contributed by atoms with van der Waals surface area (Å²) in [5, 5.41) is 0. The van der Waals surface area contributed by atoms with Gasteiger partial charge in [0.15, 0.2) is 27.5 Å². The van der Waals surface area contributed by atoms with Gasteiger partial charge in [0, 0.05) is 11.6 Å². The Morgan fingerprint density at radius 3 is 2.52 bits per heavy atom. The highest BCUT2D eigenvalue weighted by Crippen LogP contribution is 2.27. The van der Waals surface area contributed by atoms with Gasteiger partial charge in [-0.15, -0.1) is 0 Å². The molecule has 33 heavy (non-hydrogen) atoms. The fourth-order valence-electron chi connectivity index (χ4n) is 3.82. The van der Waals surface area contributed by atoms with Crippen LogP contribution in [0.1, 0.15) is 19.1 Å². The summed E-state index contributed by atoms with van der Waals surface area (Å²) in [4.78, 5) is 14.7. The first kappa shape index (κ1) is 23.0. The van der Waals surface area contributed by atoms with Gasteiger partial charge in [-0.1, -0.05) is 12.1 Å². The van der Waals surface area contributed by atoms with Crippen LogP contribution < -0.4 is 4.74 Å². The number of para-hydroxylation sites is 1. The zero-order chi connectivity index (χ0) is 23.6. The zero-order valence-corrected chi connectivity index (χ0v) is 18.7. The van der Waals surface area contributed by atoms with Gasteiger partial charge in [0.05, 0.1) is 18.1 Å². The number of rotatable bonds is 7. The molecule has 0 saturated carbocycles. The molecule has 0 bridgehead atoms. The average molecular weight is 476 g/mol. The molecule has 0 spiro atoms. The van der Waals surface area contributed by atoms with Gasteiger partial charge in [-0.25, -0.2) is 17.2 Å². The van der Waals surface area contributed by atoms with E-state index in [0.29, 0.717) is 23.5 Å². The Hall–Kier alpha value is -3.20. The molecule has 9 heteroatoms. The first-order valence-electron chi connectivity index (χ1n) is 10.5. The molecule has 1 aliphatic heterocycles. The molecule has 6 nitrogen and oxygen atoms in total. The molecule has 0 aliphatic carbocycles. The molecule has 174 valence electrons. The van der Waals surface area contributed by atoms with Crippen molar-refractivity contribution >= 4 is 15.7 Å². The lowest BCUT2D eigenvalue weighted by Gasteiger charge is -2.30. The number of hydrogen-bond acceptors (Lipinski definition) is 5. The second-order valence-electron chi connectivity index (χ2n) is 7.99. The quantitative estimate of drug-likeness (QED) is 0.512. The van der Waals surface area contributed by atoms with Crippen LogP contribution in [0.15, 0.2) is 65.1 Å². The van der Waals surface area contributed by atoms with Crippen molar-refractivity contribution < 1.29 is 31.1 Å². The van der Waals surface area contributed by atoms with Gasteiger partial charge >= 0.3 is 0 Å². The molecular weight excluding hydrogens is 452 g/mol. The molecule has 1 amide bonds. The highest BCUT2D eigenvalue weighted by Gasteiger charge is 2.37. The third-order valence-corrected chi connectivity index (χ3v) is 7.29. The summed E-state index contributed by atoms with van der Waals surface area (Å²) >= 11 is 0. The Bertz CT molecular complexity index is 1240. The molecule has 2 aromatic carbocycles. The van der Waals surface area contributed by atoms with Gasteiger partial charge in [-0.2, -0.15) is 0 Å². The number of halogens is 2. The Balaban J connectivity index is 1.56. The number of benzene rings is 2. The maximum Gasteiger partial charge on any atom is 0.264 e. The molecule has 2 heterocycles. The van der Waals surface area contributed by atoms with Gasteiger partial charge in [-0.05, 0) is 61.9 Å². The van der Waals surface area contributed by atoms with Crippen molar-refractivity contribution in [2.45, 2.75) is 32.0 Å². The monoisotopic (exact) mass is 475 g/mol. The summed E-state index contributed by atoms with van der Waals surface area (Å²) in [5.74, 6) is -0.735. The summed E-state index contributed by atoms with van der Waals surface area (Å²) in [6.45, 7) is 1.52. The summed E-state index contributed by atoms with van der Waals surface area (Å²) < 4.78 is 62.7. The number of carbonyl (C=O) groups excluding carboxylic acids is 1. The fourth-order valence-corrected chi connectivity index (χ4v) is 5.55. The van der Waals surface area contributed by atoms with Crippen molar-refractivity contribution in [1.82, 2.24) is 4.90 Å². The third kappa shape index (κ3) is 5.42. The van der Waals surface area contributed by atoms with Gasteiger partial charge in [-0.3, -0.25) is 4.79 Å². The van der Waals surface area contributed by atoms with Gasteiger partial charge in [0.2, 0.25) is 0 Å². The molecule has 1 fully saturated rings. The van der Waals surface area contributed by atoms with E-state index in [9.17, 15) is 22.0 Å². The highest BCUT2D eigenvalue weighted by atomic mass is 32.2. The van der Waals surface area contributed by atoms with Crippen LogP contribution in [0.3, 0.4) is 0 Å². The van der Waals surface area contributed by atoms with Crippen LogP contribution in [-0.2, 0) is 21.2 Å². The van der Waals surface area contributed by atoms with Crippen LogP contribution in [0, 0.1) is 11.6 Å². The largest absolute Gasteiger partial charge is 0.478 e. The first-order chi connectivity index (χ1) is 15.7. The Labute approximate surface area is 190 Å². The van der Waals surface area contributed by atoms with Crippen LogP contribution >= 0.6 is 0 Å². The highest BCUT2D eigenvalue weighted by molar-refractivity contribution is 7.91. The van der Waals surface area contributed by atoms with E-state index in [1.807, 2.05) is 0 Å². The van der Waals surface area contributed by atoms with E-state index in [-0.39, 0.29) is 29.6 Å². The molecule has 2 atom stereocenters. The molecule has 3 aromatic rings. The van der Waals surface area contributed by atoms with Gasteiger partial charge < -0.3 is 14.1 Å². The maximum absolute atomic E-state index is 14.0. The summed E-state index contributed by atoms with van der Waals surface area (Å²) in [6, 6.07) is 14.4. The van der Waals surface area contributed by atoms with Gasteiger partial charge in [0.1, 0.15) is 17.3 Å². The van der Waals surface area contributed by atoms with Crippen LogP contribution in [0.2, 0.25) is 0 Å². The van der Waals surface area contributed by atoms with Crippen molar-refractivity contribution in [3.63, 3.8) is 0 Å². The Morgan fingerprint density at radius 1 is 1.12 bits per heavy atom. The molecule has 1 aromatic heterocycles. The number of sulfone groups is 1. The minimum Gasteiger partial charge on any atom is -0.478 e. The van der Waals surface area contributed by atoms with E-state index in [1.165, 1.54) is 42.2 Å². The third-order valence-electron chi connectivity index (χ3n) is 5.54.